The zero-order valence-electron chi connectivity index (χ0n) is 5.59. The first-order chi connectivity index (χ1) is 3.95. The van der Waals surface area contributed by atoms with E-state index in [9.17, 15) is 8.42 Å². The molecule has 1 unspecified atom stereocenters. The van der Waals surface area contributed by atoms with Gasteiger partial charge in [-0.1, -0.05) is 6.92 Å². The van der Waals surface area contributed by atoms with Crippen LogP contribution in [0.4, 0.5) is 0 Å². The van der Waals surface area contributed by atoms with Gasteiger partial charge in [0.1, 0.15) is 9.84 Å². The molecule has 56 valence electrons. The maximum Gasteiger partial charge on any atom is 0.147 e. The summed E-state index contributed by atoms with van der Waals surface area (Å²) in [6.07, 6.45) is 1.22. The molecule has 0 aliphatic carbocycles. The molecular weight excluding hydrogens is 160 g/mol. The first-order valence-corrected chi connectivity index (χ1v) is 5.29. The molecule has 0 N–H and O–H groups in total. The Labute approximate surface area is 61.1 Å². The highest BCUT2D eigenvalue weighted by Crippen LogP contribution is 2.00. The lowest BCUT2D eigenvalue weighted by atomic mass is 10.3. The van der Waals surface area contributed by atoms with Crippen molar-refractivity contribution in [3.63, 3.8) is 0 Å². The minimum absolute atomic E-state index is 0.0710. The minimum atomic E-state index is -2.82. The first-order valence-electron chi connectivity index (χ1n) is 2.69. The van der Waals surface area contributed by atoms with Gasteiger partial charge in [-0.05, 0) is 5.92 Å². The molecule has 0 amide bonds. The van der Waals surface area contributed by atoms with E-state index >= 15 is 0 Å². The highest BCUT2D eigenvalue weighted by Gasteiger charge is 2.07. The summed E-state index contributed by atoms with van der Waals surface area (Å²) in [5.41, 5.74) is 0. The van der Waals surface area contributed by atoms with Crippen molar-refractivity contribution in [3.05, 3.63) is 0 Å². The summed E-state index contributed by atoms with van der Waals surface area (Å²) in [6, 6.07) is 0. The second kappa shape index (κ2) is 3.42. The summed E-state index contributed by atoms with van der Waals surface area (Å²) in [4.78, 5) is 0. The van der Waals surface area contributed by atoms with E-state index in [0.29, 0.717) is 5.88 Å². The molecule has 0 rings (SSSR count). The van der Waals surface area contributed by atoms with Crippen LogP contribution in [0.25, 0.3) is 0 Å². The summed E-state index contributed by atoms with van der Waals surface area (Å²) in [7, 11) is -2.82. The molecule has 0 bridgehead atoms. The van der Waals surface area contributed by atoms with Crippen LogP contribution in [-0.4, -0.2) is 26.3 Å². The molecule has 2 nitrogen and oxygen atoms in total. The fourth-order valence-electron chi connectivity index (χ4n) is 0.561. The summed E-state index contributed by atoms with van der Waals surface area (Å²) < 4.78 is 21.1. The van der Waals surface area contributed by atoms with Crippen LogP contribution < -0.4 is 0 Å². The van der Waals surface area contributed by atoms with Gasteiger partial charge in [0, 0.05) is 12.1 Å². The van der Waals surface area contributed by atoms with Crippen molar-refractivity contribution in [2.75, 3.05) is 17.9 Å². The van der Waals surface area contributed by atoms with Gasteiger partial charge in [-0.3, -0.25) is 0 Å². The molecule has 0 aliphatic rings. The Bertz CT molecular complexity index is 162. The van der Waals surface area contributed by atoms with E-state index in [1.54, 1.807) is 0 Å². The van der Waals surface area contributed by atoms with Crippen molar-refractivity contribution in [3.8, 4) is 0 Å². The van der Waals surface area contributed by atoms with E-state index < -0.39 is 9.84 Å². The zero-order chi connectivity index (χ0) is 7.49. The molecule has 0 spiro atoms. The third-order valence-corrected chi connectivity index (χ3v) is 2.55. The van der Waals surface area contributed by atoms with Crippen LogP contribution in [-0.2, 0) is 9.84 Å². The van der Waals surface area contributed by atoms with Crippen LogP contribution in [0.5, 0.6) is 0 Å². The van der Waals surface area contributed by atoms with Crippen LogP contribution in [0.15, 0.2) is 0 Å². The molecule has 0 fully saturated rings. The van der Waals surface area contributed by atoms with Crippen molar-refractivity contribution < 1.29 is 8.42 Å². The lowest BCUT2D eigenvalue weighted by molar-refractivity contribution is 0.589. The summed E-state index contributed by atoms with van der Waals surface area (Å²) in [6.45, 7) is 1.81. The Morgan fingerprint density at radius 2 is 2.00 bits per heavy atom. The Kier molecular flexibility index (Phi) is 3.51. The zero-order valence-corrected chi connectivity index (χ0v) is 7.17. The number of hydrogen-bond donors (Lipinski definition) is 0. The Hall–Kier alpha value is 0.240. The van der Waals surface area contributed by atoms with Crippen molar-refractivity contribution in [1.82, 2.24) is 0 Å². The Morgan fingerprint density at radius 1 is 1.56 bits per heavy atom. The largest absolute Gasteiger partial charge is 0.229 e. The smallest absolute Gasteiger partial charge is 0.147 e. The van der Waals surface area contributed by atoms with Gasteiger partial charge in [-0.15, -0.1) is 11.6 Å². The molecule has 0 saturated carbocycles. The summed E-state index contributed by atoms with van der Waals surface area (Å²) in [5, 5.41) is 0. The van der Waals surface area contributed by atoms with Gasteiger partial charge in [-0.25, -0.2) is 8.42 Å². The van der Waals surface area contributed by atoms with Crippen LogP contribution in [0.2, 0.25) is 0 Å². The minimum Gasteiger partial charge on any atom is -0.229 e. The Balaban J connectivity index is 3.75. The molecule has 9 heavy (non-hydrogen) atoms. The predicted octanol–water partition coefficient (Wildman–Crippen LogP) is 0.906. The average molecular weight is 171 g/mol. The number of alkyl halides is 1. The van der Waals surface area contributed by atoms with Crippen molar-refractivity contribution >= 4 is 21.4 Å². The summed E-state index contributed by atoms with van der Waals surface area (Å²) in [5.74, 6) is 0.672. The van der Waals surface area contributed by atoms with Crippen LogP contribution >= 0.6 is 11.6 Å². The van der Waals surface area contributed by atoms with Crippen LogP contribution in [0, 0.1) is 5.92 Å². The van der Waals surface area contributed by atoms with Gasteiger partial charge in [0.15, 0.2) is 0 Å². The molecule has 0 heterocycles. The Morgan fingerprint density at radius 3 is 2.11 bits per heavy atom. The topological polar surface area (TPSA) is 34.1 Å². The normalized spacial score (nSPS) is 15.4. The predicted molar refractivity (Wildman–Crippen MR) is 39.6 cm³/mol. The van der Waals surface area contributed by atoms with Gasteiger partial charge in [-0.2, -0.15) is 0 Å². The number of rotatable bonds is 3. The number of hydrogen-bond acceptors (Lipinski definition) is 2. The molecule has 4 heteroatoms. The third-order valence-electron chi connectivity index (χ3n) is 0.851. The van der Waals surface area contributed by atoms with E-state index in [1.165, 1.54) is 6.26 Å². The van der Waals surface area contributed by atoms with Crippen LogP contribution in [0.3, 0.4) is 0 Å². The molecule has 0 aliphatic heterocycles. The highest BCUT2D eigenvalue weighted by atomic mass is 35.5. The van der Waals surface area contributed by atoms with E-state index in [2.05, 4.69) is 0 Å². The van der Waals surface area contributed by atoms with Gasteiger partial charge in [0.25, 0.3) is 0 Å². The molecular formula is C5H11ClO2S. The van der Waals surface area contributed by atoms with Gasteiger partial charge in [0.2, 0.25) is 0 Å². The lowest BCUT2D eigenvalue weighted by Crippen LogP contribution is -2.12. The van der Waals surface area contributed by atoms with E-state index in [1.807, 2.05) is 6.92 Å². The number of sulfone groups is 1. The maximum atomic E-state index is 10.5. The van der Waals surface area contributed by atoms with E-state index in [0.717, 1.165) is 0 Å². The molecule has 0 aromatic carbocycles. The average Bonchev–Trinajstić information content (AvgIpc) is 1.62. The SMILES string of the molecule is CC(CCl)CS(C)(=O)=O. The monoisotopic (exact) mass is 170 g/mol. The second-order valence-corrected chi connectivity index (χ2v) is 4.85. The second-order valence-electron chi connectivity index (χ2n) is 2.35. The molecule has 0 aromatic rings. The quantitative estimate of drug-likeness (QED) is 0.590. The molecule has 0 saturated heterocycles. The molecule has 0 aromatic heterocycles. The lowest BCUT2D eigenvalue weighted by Gasteiger charge is -2.02. The van der Waals surface area contributed by atoms with Crippen molar-refractivity contribution in [2.24, 2.45) is 5.92 Å². The fourth-order valence-corrected chi connectivity index (χ4v) is 1.95. The van der Waals surface area contributed by atoms with Gasteiger partial charge in [0.05, 0.1) is 5.75 Å². The standard InChI is InChI=1S/C5H11ClO2S/c1-5(3-6)4-9(2,7)8/h5H,3-4H2,1-2H3. The maximum absolute atomic E-state index is 10.5. The number of halogens is 1. The van der Waals surface area contributed by atoms with Gasteiger partial charge < -0.3 is 0 Å². The van der Waals surface area contributed by atoms with Crippen molar-refractivity contribution in [1.29, 1.82) is 0 Å². The van der Waals surface area contributed by atoms with E-state index in [4.69, 9.17) is 11.6 Å². The fraction of sp³-hybridized carbons (Fsp3) is 1.00. The van der Waals surface area contributed by atoms with Gasteiger partial charge >= 0.3 is 0 Å². The van der Waals surface area contributed by atoms with E-state index in [-0.39, 0.29) is 11.7 Å². The first kappa shape index (κ1) is 9.24. The van der Waals surface area contributed by atoms with Crippen molar-refractivity contribution in [2.45, 2.75) is 6.92 Å². The van der Waals surface area contributed by atoms with Crippen LogP contribution in [0.1, 0.15) is 6.92 Å². The molecule has 0 radical (unpaired) electrons. The third kappa shape index (κ3) is 6.12. The summed E-state index contributed by atoms with van der Waals surface area (Å²) >= 11 is 5.39. The molecule has 1 atom stereocenters. The highest BCUT2D eigenvalue weighted by molar-refractivity contribution is 7.90.